The molecule has 4 rings (SSSR count). The molecule has 0 atom stereocenters. The fourth-order valence-electron chi connectivity index (χ4n) is 4.43. The van der Waals surface area contributed by atoms with Gasteiger partial charge in [-0.15, -0.1) is 0 Å². The Balaban J connectivity index is 1.74. The van der Waals surface area contributed by atoms with E-state index in [0.717, 1.165) is 38.5 Å². The molecule has 3 aliphatic carbocycles. The number of benzene rings is 1. The predicted molar refractivity (Wildman–Crippen MR) is 82.8 cm³/mol. The van der Waals surface area contributed by atoms with Crippen LogP contribution in [0.2, 0.25) is 0 Å². The summed E-state index contributed by atoms with van der Waals surface area (Å²) in [5.74, 6) is 0.570. The lowest BCUT2D eigenvalue weighted by atomic mass is 9.50. The molecular weight excluding hydrogens is 244 g/mol. The highest BCUT2D eigenvalue weighted by Crippen LogP contribution is 2.58. The fourth-order valence-corrected chi connectivity index (χ4v) is 4.43. The minimum absolute atomic E-state index is 0.0612. The summed E-state index contributed by atoms with van der Waals surface area (Å²) in [6.45, 7) is 2.17. The summed E-state index contributed by atoms with van der Waals surface area (Å²) in [4.78, 5) is 12.6. The number of ketones is 1. The maximum Gasteiger partial charge on any atom is 0.139 e. The number of unbranched alkanes of at least 4 members (excludes halogenated alkanes) is 1. The van der Waals surface area contributed by atoms with Crippen LogP contribution in [0.4, 0.5) is 0 Å². The largest absolute Gasteiger partial charge is 0.299 e. The van der Waals surface area contributed by atoms with Gasteiger partial charge >= 0.3 is 0 Å². The molecule has 0 unspecified atom stereocenters. The number of Topliss-reactive ketones (excluding diaryl/α,β-unsaturated/α-hetero) is 1. The summed E-state index contributed by atoms with van der Waals surface area (Å²) in [6, 6.07) is 11.0. The highest BCUT2D eigenvalue weighted by atomic mass is 16.1. The third-order valence-corrected chi connectivity index (χ3v) is 5.98. The summed E-state index contributed by atoms with van der Waals surface area (Å²) < 4.78 is 0. The van der Waals surface area contributed by atoms with Gasteiger partial charge in [-0.2, -0.15) is 0 Å². The van der Waals surface area contributed by atoms with E-state index in [1.54, 1.807) is 0 Å². The van der Waals surface area contributed by atoms with E-state index in [0.29, 0.717) is 11.2 Å². The Bertz CT molecular complexity index is 449. The van der Waals surface area contributed by atoms with Crippen LogP contribution < -0.4 is 0 Å². The van der Waals surface area contributed by atoms with Crippen LogP contribution in [0.25, 0.3) is 0 Å². The fraction of sp³-hybridized carbons (Fsp3) is 0.632. The third kappa shape index (κ3) is 2.21. The van der Waals surface area contributed by atoms with Gasteiger partial charge in [0, 0.05) is 11.8 Å². The minimum Gasteiger partial charge on any atom is -0.299 e. The van der Waals surface area contributed by atoms with Gasteiger partial charge in [0.2, 0.25) is 0 Å². The maximum atomic E-state index is 12.6. The van der Waals surface area contributed by atoms with Gasteiger partial charge in [0.1, 0.15) is 5.78 Å². The molecular formula is C19H26O. The molecule has 0 spiro atoms. The normalized spacial score (nSPS) is 32.2. The van der Waals surface area contributed by atoms with Crippen LogP contribution in [0, 0.1) is 5.41 Å². The number of hydrogen-bond donors (Lipinski definition) is 0. The van der Waals surface area contributed by atoms with Crippen molar-refractivity contribution >= 4 is 5.78 Å². The molecule has 3 fully saturated rings. The first kappa shape index (κ1) is 13.9. The van der Waals surface area contributed by atoms with Crippen LogP contribution in [0.15, 0.2) is 30.3 Å². The van der Waals surface area contributed by atoms with Crippen LogP contribution in [-0.2, 0) is 10.2 Å². The SMILES string of the molecule is CCCCC(=O)C12CCC(c3ccccc3)(CC1)CC2. The molecule has 0 amide bonds. The Kier molecular flexibility index (Phi) is 3.70. The van der Waals surface area contributed by atoms with E-state index in [1.807, 2.05) is 0 Å². The van der Waals surface area contributed by atoms with E-state index < -0.39 is 0 Å². The number of hydrogen-bond acceptors (Lipinski definition) is 1. The van der Waals surface area contributed by atoms with Gasteiger partial charge in [-0.3, -0.25) is 4.79 Å². The highest BCUT2D eigenvalue weighted by molar-refractivity contribution is 5.85. The predicted octanol–water partition coefficient (Wildman–Crippen LogP) is 5.04. The van der Waals surface area contributed by atoms with Gasteiger partial charge in [-0.1, -0.05) is 43.7 Å². The highest BCUT2D eigenvalue weighted by Gasteiger charge is 2.51. The minimum atomic E-state index is 0.0612. The van der Waals surface area contributed by atoms with Crippen molar-refractivity contribution in [3.8, 4) is 0 Å². The van der Waals surface area contributed by atoms with Crippen molar-refractivity contribution < 1.29 is 4.79 Å². The Morgan fingerprint density at radius 1 is 1.00 bits per heavy atom. The second kappa shape index (κ2) is 5.35. The van der Waals surface area contributed by atoms with Gasteiger partial charge in [0.25, 0.3) is 0 Å². The monoisotopic (exact) mass is 270 g/mol. The number of fused-ring (bicyclic) bond motifs is 3. The quantitative estimate of drug-likeness (QED) is 0.732. The molecule has 20 heavy (non-hydrogen) atoms. The first-order valence-electron chi connectivity index (χ1n) is 8.30. The lowest BCUT2D eigenvalue weighted by molar-refractivity contribution is -0.135. The molecule has 1 heteroatoms. The second-order valence-electron chi connectivity index (χ2n) is 6.95. The first-order chi connectivity index (χ1) is 9.71. The molecule has 1 nitrogen and oxygen atoms in total. The van der Waals surface area contributed by atoms with Gasteiger partial charge in [0.15, 0.2) is 0 Å². The molecule has 0 radical (unpaired) electrons. The third-order valence-electron chi connectivity index (χ3n) is 5.98. The molecule has 0 heterocycles. The lowest BCUT2D eigenvalue weighted by Crippen LogP contribution is -2.47. The van der Waals surface area contributed by atoms with Crippen molar-refractivity contribution in [2.24, 2.45) is 5.41 Å². The average Bonchev–Trinajstić information content (AvgIpc) is 2.55. The Morgan fingerprint density at radius 3 is 2.15 bits per heavy atom. The maximum absolute atomic E-state index is 12.6. The molecule has 0 aromatic heterocycles. The summed E-state index contributed by atoms with van der Waals surface area (Å²) in [5.41, 5.74) is 1.95. The molecule has 3 aliphatic rings. The van der Waals surface area contributed by atoms with Crippen molar-refractivity contribution in [3.63, 3.8) is 0 Å². The average molecular weight is 270 g/mol. The Labute approximate surface area is 122 Å². The van der Waals surface area contributed by atoms with Crippen molar-refractivity contribution in [1.29, 1.82) is 0 Å². The molecule has 108 valence electrons. The van der Waals surface area contributed by atoms with Gasteiger partial charge in [-0.05, 0) is 55.9 Å². The van der Waals surface area contributed by atoms with Crippen molar-refractivity contribution in [2.75, 3.05) is 0 Å². The van der Waals surface area contributed by atoms with E-state index in [1.165, 1.54) is 24.8 Å². The number of carbonyl (C=O) groups is 1. The Hall–Kier alpha value is -1.11. The van der Waals surface area contributed by atoms with E-state index >= 15 is 0 Å². The lowest BCUT2D eigenvalue weighted by Gasteiger charge is -2.53. The van der Waals surface area contributed by atoms with Crippen LogP contribution >= 0.6 is 0 Å². The zero-order chi connectivity index (χ0) is 14.1. The zero-order valence-electron chi connectivity index (χ0n) is 12.7. The Morgan fingerprint density at radius 2 is 1.60 bits per heavy atom. The molecule has 0 saturated heterocycles. The van der Waals surface area contributed by atoms with Crippen LogP contribution in [-0.4, -0.2) is 5.78 Å². The zero-order valence-corrected chi connectivity index (χ0v) is 12.7. The summed E-state index contributed by atoms with van der Waals surface area (Å²) in [6.07, 6.45) is 10.1. The van der Waals surface area contributed by atoms with Crippen LogP contribution in [0.1, 0.15) is 70.3 Å². The molecule has 0 N–H and O–H groups in total. The smallest absolute Gasteiger partial charge is 0.139 e. The standard InChI is InChI=1S/C19H26O/c1-2-3-9-17(20)19-13-10-18(11-14-19,12-15-19)16-7-5-4-6-8-16/h4-8H,2-3,9-15H2,1H3. The molecule has 3 saturated carbocycles. The van der Waals surface area contributed by atoms with Crippen LogP contribution in [0.3, 0.4) is 0 Å². The van der Waals surface area contributed by atoms with E-state index in [9.17, 15) is 4.79 Å². The van der Waals surface area contributed by atoms with Crippen molar-refractivity contribution in [2.45, 2.75) is 70.1 Å². The van der Waals surface area contributed by atoms with Crippen LogP contribution in [0.5, 0.6) is 0 Å². The topological polar surface area (TPSA) is 17.1 Å². The van der Waals surface area contributed by atoms with Gasteiger partial charge in [-0.25, -0.2) is 0 Å². The van der Waals surface area contributed by atoms with E-state index in [2.05, 4.69) is 37.3 Å². The summed E-state index contributed by atoms with van der Waals surface area (Å²) in [7, 11) is 0. The molecule has 0 aliphatic heterocycles. The summed E-state index contributed by atoms with van der Waals surface area (Å²) >= 11 is 0. The van der Waals surface area contributed by atoms with Crippen molar-refractivity contribution in [3.05, 3.63) is 35.9 Å². The van der Waals surface area contributed by atoms with E-state index in [4.69, 9.17) is 0 Å². The van der Waals surface area contributed by atoms with E-state index in [-0.39, 0.29) is 5.41 Å². The van der Waals surface area contributed by atoms with Gasteiger partial charge in [0.05, 0.1) is 0 Å². The number of carbonyl (C=O) groups excluding carboxylic acids is 1. The summed E-state index contributed by atoms with van der Waals surface area (Å²) in [5, 5.41) is 0. The molecule has 2 bridgehead atoms. The van der Waals surface area contributed by atoms with Gasteiger partial charge < -0.3 is 0 Å². The molecule has 1 aromatic rings. The molecule has 1 aromatic carbocycles. The van der Waals surface area contributed by atoms with Crippen molar-refractivity contribution in [1.82, 2.24) is 0 Å². The first-order valence-corrected chi connectivity index (χ1v) is 8.30. The second-order valence-corrected chi connectivity index (χ2v) is 6.95. The number of rotatable bonds is 5.